The Morgan fingerprint density at radius 3 is 2.06 bits per heavy atom. The number of hydrogen-bond donors (Lipinski definition) is 2. The van der Waals surface area contributed by atoms with E-state index in [2.05, 4.69) is 10.6 Å². The van der Waals surface area contributed by atoms with E-state index in [0.29, 0.717) is 6.04 Å². The molecule has 6 heteroatoms. The number of carbonyl (C=O) groups excluding carboxylic acids is 2. The van der Waals surface area contributed by atoms with Gasteiger partial charge >= 0.3 is 0 Å². The summed E-state index contributed by atoms with van der Waals surface area (Å²) in [4.78, 5) is 21.8. The smallest absolute Gasteiger partial charge is 0.220 e. The average Bonchev–Trinajstić information content (AvgIpc) is 2.19. The fourth-order valence-electron chi connectivity index (χ4n) is 0.789. The summed E-state index contributed by atoms with van der Waals surface area (Å²) in [6, 6.07) is 0.406. The number of carbonyl (C=O) groups is 2. The molecule has 2 N–H and O–H groups in total. The normalized spacial score (nSPS) is 9.88. The first-order chi connectivity index (χ1) is 7.37. The zero-order chi connectivity index (χ0) is 13.2. The van der Waals surface area contributed by atoms with Crippen LogP contribution in [0.25, 0.3) is 0 Å². The van der Waals surface area contributed by atoms with Gasteiger partial charge in [0.25, 0.3) is 0 Å². The Kier molecular flexibility index (Phi) is 10.2. The Labute approximate surface area is 99.1 Å². The Bertz CT molecular complexity index is 220. The van der Waals surface area contributed by atoms with Crippen LogP contribution in [0, 0.1) is 0 Å². The second-order valence-electron chi connectivity index (χ2n) is 3.65. The molecule has 2 amide bonds. The zero-order valence-corrected chi connectivity index (χ0v) is 12.1. The van der Waals surface area contributed by atoms with Gasteiger partial charge in [-0.3, -0.25) is 9.59 Å². The topological polar surface area (TPSA) is 67.4 Å². The van der Waals surface area contributed by atoms with Gasteiger partial charge in [0.05, 0.1) is 6.67 Å². The van der Waals surface area contributed by atoms with Gasteiger partial charge in [-0.25, -0.2) is 0 Å². The van der Waals surface area contributed by atoms with Gasteiger partial charge in [0.1, 0.15) is 0 Å². The van der Waals surface area contributed by atoms with Gasteiger partial charge in [0.15, 0.2) is 8.32 Å². The first-order valence-corrected chi connectivity index (χ1v) is 8.55. The predicted molar refractivity (Wildman–Crippen MR) is 67.5 cm³/mol. The summed E-state index contributed by atoms with van der Waals surface area (Å²) >= 11 is 0. The van der Waals surface area contributed by atoms with E-state index in [4.69, 9.17) is 4.43 Å². The second-order valence-corrected chi connectivity index (χ2v) is 7.93. The largest absolute Gasteiger partial charge is 0.420 e. The van der Waals surface area contributed by atoms with Crippen LogP contribution in [0.3, 0.4) is 0 Å². The number of hydrogen-bond acceptors (Lipinski definition) is 3. The van der Waals surface area contributed by atoms with Gasteiger partial charge in [-0.05, 0) is 13.1 Å². The molecule has 0 bridgehead atoms. The summed E-state index contributed by atoms with van der Waals surface area (Å²) in [5, 5.41) is 5.07. The highest BCUT2D eigenvalue weighted by Crippen LogP contribution is 2.08. The van der Waals surface area contributed by atoms with Gasteiger partial charge in [-0.2, -0.15) is 0 Å². The quantitative estimate of drug-likeness (QED) is 0.565. The molecule has 0 aromatic heterocycles. The summed E-state index contributed by atoms with van der Waals surface area (Å²) in [5.41, 5.74) is 0. The fraction of sp³-hybridized carbons (Fsp3) is 0.800. The third-order valence-electron chi connectivity index (χ3n) is 1.76. The molecule has 0 aliphatic carbocycles. The van der Waals surface area contributed by atoms with Crippen LogP contribution in [0.1, 0.15) is 20.8 Å². The molecule has 0 saturated heterocycles. The van der Waals surface area contributed by atoms with E-state index in [1.807, 2.05) is 26.9 Å². The third kappa shape index (κ3) is 11.2. The van der Waals surface area contributed by atoms with Crippen LogP contribution in [0.15, 0.2) is 0 Å². The molecule has 96 valence electrons. The number of amides is 2. The molecule has 0 aromatic carbocycles. The maximum atomic E-state index is 11.3. The summed E-state index contributed by atoms with van der Waals surface area (Å²) < 4.78 is 5.23. The monoisotopic (exact) mass is 248 g/mol. The summed E-state index contributed by atoms with van der Waals surface area (Å²) in [6.07, 6.45) is 0. The minimum atomic E-state index is -1.84. The molecular formula is C10H24N2O3Si. The van der Waals surface area contributed by atoms with Crippen molar-refractivity contribution >= 4 is 20.1 Å². The van der Waals surface area contributed by atoms with Crippen molar-refractivity contribution in [2.75, 3.05) is 13.8 Å². The highest BCUT2D eigenvalue weighted by Gasteiger charge is 2.24. The molecule has 0 aromatic rings. The Balaban J connectivity index is 0. The summed E-state index contributed by atoms with van der Waals surface area (Å²) in [7, 11) is -0.224. The Hall–Kier alpha value is -0.883. The van der Waals surface area contributed by atoms with Gasteiger partial charge in [0.2, 0.25) is 11.8 Å². The lowest BCUT2D eigenvalue weighted by molar-refractivity contribution is -0.120. The average molecular weight is 248 g/mol. The molecule has 0 aliphatic rings. The molecule has 0 heterocycles. The molecule has 0 rings (SSSR count). The van der Waals surface area contributed by atoms with Gasteiger partial charge in [-0.15, -0.1) is 0 Å². The van der Waals surface area contributed by atoms with Crippen LogP contribution in [-0.4, -0.2) is 33.9 Å². The zero-order valence-electron chi connectivity index (χ0n) is 11.1. The number of rotatable bonds is 5. The predicted octanol–water partition coefficient (Wildman–Crippen LogP) is 1.07. The SMILES string of the molecule is CC.CO[Si](C)(C)CC(=O)NCNC(C)=O. The van der Waals surface area contributed by atoms with Crippen molar-refractivity contribution in [3.05, 3.63) is 0 Å². The highest BCUT2D eigenvalue weighted by atomic mass is 28.4. The third-order valence-corrected chi connectivity index (χ3v) is 4.04. The van der Waals surface area contributed by atoms with E-state index in [0.717, 1.165) is 0 Å². The highest BCUT2D eigenvalue weighted by molar-refractivity contribution is 6.74. The molecule has 0 atom stereocenters. The molecule has 0 radical (unpaired) electrons. The first kappa shape index (κ1) is 17.5. The van der Waals surface area contributed by atoms with E-state index in [9.17, 15) is 9.59 Å². The van der Waals surface area contributed by atoms with Crippen LogP contribution in [0.2, 0.25) is 19.1 Å². The van der Waals surface area contributed by atoms with Crippen molar-refractivity contribution in [1.29, 1.82) is 0 Å². The maximum Gasteiger partial charge on any atom is 0.220 e. The van der Waals surface area contributed by atoms with Gasteiger partial charge in [-0.1, -0.05) is 13.8 Å². The molecule has 5 nitrogen and oxygen atoms in total. The minimum Gasteiger partial charge on any atom is -0.420 e. The lowest BCUT2D eigenvalue weighted by atomic mass is 10.6. The van der Waals surface area contributed by atoms with E-state index >= 15 is 0 Å². The van der Waals surface area contributed by atoms with E-state index < -0.39 is 8.32 Å². The van der Waals surface area contributed by atoms with Crippen molar-refractivity contribution in [1.82, 2.24) is 10.6 Å². The van der Waals surface area contributed by atoms with Crippen molar-refractivity contribution < 1.29 is 14.0 Å². The maximum absolute atomic E-state index is 11.3. The van der Waals surface area contributed by atoms with Crippen LogP contribution in [-0.2, 0) is 14.0 Å². The Morgan fingerprint density at radius 2 is 1.69 bits per heavy atom. The Morgan fingerprint density at radius 1 is 1.19 bits per heavy atom. The molecule has 16 heavy (non-hydrogen) atoms. The van der Waals surface area contributed by atoms with Crippen molar-refractivity contribution in [3.8, 4) is 0 Å². The second kappa shape index (κ2) is 9.35. The molecule has 0 unspecified atom stereocenters. The number of nitrogens with one attached hydrogen (secondary N) is 2. The van der Waals surface area contributed by atoms with Crippen LogP contribution < -0.4 is 10.6 Å². The lowest BCUT2D eigenvalue weighted by Crippen LogP contribution is -2.41. The van der Waals surface area contributed by atoms with E-state index in [-0.39, 0.29) is 18.5 Å². The van der Waals surface area contributed by atoms with E-state index in [1.165, 1.54) is 6.92 Å². The lowest BCUT2D eigenvalue weighted by Gasteiger charge is -2.18. The molecular weight excluding hydrogens is 224 g/mol. The van der Waals surface area contributed by atoms with Crippen LogP contribution >= 0.6 is 0 Å². The standard InChI is InChI=1S/C8H18N2O3Si.C2H6/c1-7(11)9-6-10-8(12)5-14(3,4)13-2;1-2/h5-6H2,1-4H3,(H,9,11)(H,10,12);1-2H3. The minimum absolute atomic E-state index is 0.0859. The van der Waals surface area contributed by atoms with Crippen molar-refractivity contribution in [2.45, 2.75) is 39.9 Å². The molecule has 0 spiro atoms. The summed E-state index contributed by atoms with van der Waals surface area (Å²) in [6.45, 7) is 9.51. The van der Waals surface area contributed by atoms with Gasteiger partial charge in [0, 0.05) is 20.1 Å². The van der Waals surface area contributed by atoms with E-state index in [1.54, 1.807) is 7.11 Å². The van der Waals surface area contributed by atoms with Crippen LogP contribution in [0.5, 0.6) is 0 Å². The first-order valence-electron chi connectivity index (χ1n) is 5.43. The van der Waals surface area contributed by atoms with Gasteiger partial charge < -0.3 is 15.1 Å². The molecule has 0 aliphatic heterocycles. The van der Waals surface area contributed by atoms with Crippen molar-refractivity contribution in [3.63, 3.8) is 0 Å². The summed E-state index contributed by atoms with van der Waals surface area (Å²) in [5.74, 6) is -0.245. The molecule has 0 fully saturated rings. The molecule has 0 saturated carbocycles. The van der Waals surface area contributed by atoms with Crippen molar-refractivity contribution in [2.24, 2.45) is 0 Å². The van der Waals surface area contributed by atoms with Crippen LogP contribution in [0.4, 0.5) is 0 Å². The fourth-order valence-corrected chi connectivity index (χ4v) is 1.83.